The Morgan fingerprint density at radius 1 is 1.00 bits per heavy atom. The predicted octanol–water partition coefficient (Wildman–Crippen LogP) is 3.74. The highest BCUT2D eigenvalue weighted by molar-refractivity contribution is 5.86. The average Bonchev–Trinajstić information content (AvgIpc) is 2.15. The molecule has 0 heterocycles. The van der Waals surface area contributed by atoms with Gasteiger partial charge in [0.05, 0.1) is 0 Å². The Kier molecular flexibility index (Phi) is 2.07. The van der Waals surface area contributed by atoms with Crippen LogP contribution >= 0.6 is 0 Å². The molecule has 70 valence electrons. The lowest BCUT2D eigenvalue weighted by atomic mass is 9.84. The van der Waals surface area contributed by atoms with E-state index in [1.165, 1.54) is 16.3 Å². The second-order valence-electron chi connectivity index (χ2n) is 4.63. The summed E-state index contributed by atoms with van der Waals surface area (Å²) in [6.07, 6.45) is 0. The first kappa shape index (κ1) is 9.26. The van der Waals surface area contributed by atoms with Crippen LogP contribution in [0.4, 0.5) is 0 Å². The van der Waals surface area contributed by atoms with E-state index in [-0.39, 0.29) is 5.41 Å². The van der Waals surface area contributed by atoms with Crippen molar-refractivity contribution in [2.45, 2.75) is 26.2 Å². The van der Waals surface area contributed by atoms with Crippen molar-refractivity contribution >= 4 is 10.8 Å². The van der Waals surface area contributed by atoms with Crippen molar-refractivity contribution in [3.8, 4) is 0 Å². The van der Waals surface area contributed by atoms with Gasteiger partial charge in [0.2, 0.25) is 0 Å². The average molecular weight is 182 g/mol. The number of hydrogen-bond acceptors (Lipinski definition) is 0. The molecular weight excluding hydrogens is 168 g/mol. The molecule has 0 N–H and O–H groups in total. The first-order valence-corrected chi connectivity index (χ1v) is 4.89. The fourth-order valence-electron chi connectivity index (χ4n) is 1.71. The molecule has 0 unspecified atom stereocenters. The fraction of sp³-hybridized carbons (Fsp3) is 0.286. The van der Waals surface area contributed by atoms with E-state index in [2.05, 4.69) is 51.1 Å². The van der Waals surface area contributed by atoms with Crippen LogP contribution in [0.3, 0.4) is 0 Å². The van der Waals surface area contributed by atoms with E-state index in [0.717, 1.165) is 0 Å². The number of rotatable bonds is 0. The molecule has 0 spiro atoms. The molecule has 0 aliphatic heterocycles. The van der Waals surface area contributed by atoms with Crippen LogP contribution in [0.2, 0.25) is 0 Å². The summed E-state index contributed by atoms with van der Waals surface area (Å²) >= 11 is 0. The van der Waals surface area contributed by atoms with Crippen molar-refractivity contribution in [2.75, 3.05) is 0 Å². The lowest BCUT2D eigenvalue weighted by Gasteiger charge is -2.20. The Labute approximate surface area is 85.6 Å². The van der Waals surface area contributed by atoms with Crippen LogP contribution in [0.1, 0.15) is 26.3 Å². The van der Waals surface area contributed by atoms with Crippen molar-refractivity contribution in [2.24, 2.45) is 0 Å². The van der Waals surface area contributed by atoms with Crippen LogP contribution < -0.4 is 0 Å². The molecule has 0 heteroatoms. The molecule has 0 nitrogen and oxygen atoms in total. The van der Waals surface area contributed by atoms with E-state index in [9.17, 15) is 0 Å². The molecule has 2 aromatic rings. The number of benzene rings is 2. The summed E-state index contributed by atoms with van der Waals surface area (Å²) in [6, 6.07) is 16.5. The topological polar surface area (TPSA) is 0 Å². The van der Waals surface area contributed by atoms with Crippen molar-refractivity contribution in [1.82, 2.24) is 0 Å². The zero-order valence-corrected chi connectivity index (χ0v) is 8.89. The molecule has 0 aliphatic carbocycles. The summed E-state index contributed by atoms with van der Waals surface area (Å²) in [5.74, 6) is 0. The minimum Gasteiger partial charge on any atom is -0.0561 e. The van der Waals surface area contributed by atoms with Crippen molar-refractivity contribution in [3.63, 3.8) is 0 Å². The Bertz CT molecular complexity index is 442. The SMILES string of the molecule is CC(C)(C)c1c[c]cc2cc[c]cc12. The molecule has 0 atom stereocenters. The Morgan fingerprint density at radius 3 is 2.50 bits per heavy atom. The number of hydrogen-bond donors (Lipinski definition) is 0. The minimum atomic E-state index is 0.172. The van der Waals surface area contributed by atoms with Gasteiger partial charge in [-0.1, -0.05) is 32.9 Å². The maximum Gasteiger partial charge on any atom is -0.0125 e. The summed E-state index contributed by atoms with van der Waals surface area (Å²) in [7, 11) is 0. The Hall–Kier alpha value is -1.30. The van der Waals surface area contributed by atoms with Gasteiger partial charge in [-0.05, 0) is 52.1 Å². The molecule has 0 fully saturated rings. The van der Waals surface area contributed by atoms with Gasteiger partial charge in [-0.15, -0.1) is 0 Å². The molecule has 2 aromatic carbocycles. The van der Waals surface area contributed by atoms with E-state index in [1.54, 1.807) is 0 Å². The van der Waals surface area contributed by atoms with Gasteiger partial charge in [0.1, 0.15) is 0 Å². The smallest absolute Gasteiger partial charge is 0.0125 e. The lowest BCUT2D eigenvalue weighted by molar-refractivity contribution is 0.596. The largest absolute Gasteiger partial charge is 0.0561 e. The molecule has 14 heavy (non-hydrogen) atoms. The molecule has 0 amide bonds. The maximum absolute atomic E-state index is 3.20. The third-order valence-corrected chi connectivity index (χ3v) is 2.46. The van der Waals surface area contributed by atoms with Crippen LogP contribution in [-0.4, -0.2) is 0 Å². The van der Waals surface area contributed by atoms with E-state index >= 15 is 0 Å². The molecule has 0 aromatic heterocycles. The van der Waals surface area contributed by atoms with E-state index < -0.39 is 0 Å². The summed E-state index contributed by atoms with van der Waals surface area (Å²) in [6.45, 7) is 6.67. The third kappa shape index (κ3) is 1.52. The van der Waals surface area contributed by atoms with Crippen LogP contribution in [0.25, 0.3) is 10.8 Å². The molecule has 0 aliphatic rings. The zero-order valence-electron chi connectivity index (χ0n) is 8.89. The van der Waals surface area contributed by atoms with Crippen molar-refractivity contribution in [3.05, 3.63) is 48.0 Å². The summed E-state index contributed by atoms with van der Waals surface area (Å²) < 4.78 is 0. The van der Waals surface area contributed by atoms with Crippen molar-refractivity contribution in [1.29, 1.82) is 0 Å². The molecule has 0 bridgehead atoms. The highest BCUT2D eigenvalue weighted by atomic mass is 14.2. The van der Waals surface area contributed by atoms with Gasteiger partial charge in [0.15, 0.2) is 0 Å². The first-order valence-electron chi connectivity index (χ1n) is 4.89. The monoisotopic (exact) mass is 182 g/mol. The van der Waals surface area contributed by atoms with E-state index in [0.29, 0.717) is 0 Å². The van der Waals surface area contributed by atoms with Gasteiger partial charge in [-0.2, -0.15) is 0 Å². The highest BCUT2D eigenvalue weighted by Gasteiger charge is 2.15. The van der Waals surface area contributed by atoms with Crippen LogP contribution in [0.5, 0.6) is 0 Å². The van der Waals surface area contributed by atoms with Gasteiger partial charge < -0.3 is 0 Å². The fourth-order valence-corrected chi connectivity index (χ4v) is 1.71. The molecular formula is C14H14. The van der Waals surface area contributed by atoms with Crippen LogP contribution in [0.15, 0.2) is 30.3 Å². The normalized spacial score (nSPS) is 11.9. The molecule has 2 radical (unpaired) electrons. The predicted molar refractivity (Wildman–Crippen MR) is 60.3 cm³/mol. The second kappa shape index (κ2) is 3.13. The number of fused-ring (bicyclic) bond motifs is 1. The molecule has 0 saturated carbocycles. The zero-order chi connectivity index (χ0) is 10.2. The van der Waals surface area contributed by atoms with Gasteiger partial charge in [0.25, 0.3) is 0 Å². The van der Waals surface area contributed by atoms with Gasteiger partial charge in [-0.25, -0.2) is 0 Å². The van der Waals surface area contributed by atoms with Gasteiger partial charge in [0, 0.05) is 0 Å². The summed E-state index contributed by atoms with van der Waals surface area (Å²) in [5, 5.41) is 2.54. The van der Waals surface area contributed by atoms with Gasteiger partial charge >= 0.3 is 0 Å². The van der Waals surface area contributed by atoms with Gasteiger partial charge in [-0.3, -0.25) is 0 Å². The molecule has 2 rings (SSSR count). The first-order chi connectivity index (χ1) is 6.59. The van der Waals surface area contributed by atoms with Crippen LogP contribution in [0, 0.1) is 12.1 Å². The van der Waals surface area contributed by atoms with E-state index in [4.69, 9.17) is 0 Å². The van der Waals surface area contributed by atoms with Crippen LogP contribution in [-0.2, 0) is 5.41 Å². The second-order valence-corrected chi connectivity index (χ2v) is 4.63. The third-order valence-electron chi connectivity index (χ3n) is 2.46. The minimum absolute atomic E-state index is 0.172. The standard InChI is InChI=1S/C14H14/c1-14(2,3)13-10-6-8-11-7-4-5-9-12(11)13/h4,7-10H,1-3H3. The van der Waals surface area contributed by atoms with E-state index in [1.807, 2.05) is 12.1 Å². The Balaban J connectivity index is 2.78. The lowest BCUT2D eigenvalue weighted by Crippen LogP contribution is -2.11. The summed E-state index contributed by atoms with van der Waals surface area (Å²) in [4.78, 5) is 0. The highest BCUT2D eigenvalue weighted by Crippen LogP contribution is 2.29. The summed E-state index contributed by atoms with van der Waals surface area (Å²) in [5.41, 5.74) is 1.51. The maximum atomic E-state index is 3.20. The quantitative estimate of drug-likeness (QED) is 0.582. The molecule has 0 saturated heterocycles. The Morgan fingerprint density at radius 2 is 1.79 bits per heavy atom. The van der Waals surface area contributed by atoms with Crippen molar-refractivity contribution < 1.29 is 0 Å².